The van der Waals surface area contributed by atoms with Crippen molar-refractivity contribution in [2.24, 2.45) is 0 Å². The van der Waals surface area contributed by atoms with Crippen LogP contribution in [0.25, 0.3) is 0 Å². The number of hydrogen-bond acceptors (Lipinski definition) is 4. The number of aryl methyl sites for hydroxylation is 1. The number of anilines is 1. The molecular formula is C26H30N2O4S. The number of rotatable bonds is 9. The van der Waals surface area contributed by atoms with Gasteiger partial charge in [0.1, 0.15) is 11.8 Å². The molecule has 33 heavy (non-hydrogen) atoms. The van der Waals surface area contributed by atoms with E-state index in [-0.39, 0.29) is 0 Å². The lowest BCUT2D eigenvalue weighted by Gasteiger charge is -2.30. The monoisotopic (exact) mass is 466 g/mol. The van der Waals surface area contributed by atoms with Crippen molar-refractivity contribution in [3.05, 3.63) is 95.6 Å². The first-order valence-corrected chi connectivity index (χ1v) is 12.7. The summed E-state index contributed by atoms with van der Waals surface area (Å²) in [5, 5.41) is 3.07. The van der Waals surface area contributed by atoms with Crippen molar-refractivity contribution in [1.82, 2.24) is 5.32 Å². The van der Waals surface area contributed by atoms with Crippen molar-refractivity contribution in [3.63, 3.8) is 0 Å². The van der Waals surface area contributed by atoms with Crippen molar-refractivity contribution < 1.29 is 17.9 Å². The van der Waals surface area contributed by atoms with E-state index in [0.717, 1.165) is 27.3 Å². The third-order valence-corrected chi connectivity index (χ3v) is 6.65. The van der Waals surface area contributed by atoms with Gasteiger partial charge >= 0.3 is 0 Å². The van der Waals surface area contributed by atoms with E-state index in [0.29, 0.717) is 18.0 Å². The first-order chi connectivity index (χ1) is 15.7. The minimum absolute atomic E-state index is 0.397. The van der Waals surface area contributed by atoms with Gasteiger partial charge in [0.25, 0.3) is 0 Å². The average molecular weight is 467 g/mol. The molecular weight excluding hydrogens is 436 g/mol. The summed E-state index contributed by atoms with van der Waals surface area (Å²) in [5.74, 6) is 0.238. The van der Waals surface area contributed by atoms with E-state index in [9.17, 15) is 13.2 Å². The van der Waals surface area contributed by atoms with E-state index >= 15 is 0 Å². The Balaban J connectivity index is 1.94. The fraction of sp³-hybridized carbons (Fsp3) is 0.269. The number of benzene rings is 3. The molecule has 0 aromatic heterocycles. The van der Waals surface area contributed by atoms with Gasteiger partial charge in [-0.15, -0.1) is 0 Å². The highest BCUT2D eigenvalue weighted by Crippen LogP contribution is 2.27. The standard InChI is InChI=1S/C26H30N2O4S/c1-5-32-23-17-15-22(16-18-23)28(33(4,30)31)20(3)26(29)27-25(21-12-7-6-8-13-21)24-14-10-9-11-19(24)2/h6-18,20,25H,5H2,1-4H3,(H,27,29)/t20-,25-/m1/s1. The number of amides is 1. The van der Waals surface area contributed by atoms with Crippen LogP contribution in [0.4, 0.5) is 5.69 Å². The summed E-state index contributed by atoms with van der Waals surface area (Å²) in [4.78, 5) is 13.4. The Kier molecular flexibility index (Phi) is 7.76. The molecule has 2 atom stereocenters. The fourth-order valence-electron chi connectivity index (χ4n) is 3.82. The first-order valence-electron chi connectivity index (χ1n) is 10.9. The maximum atomic E-state index is 13.4. The number of ether oxygens (including phenoxy) is 1. The second-order valence-corrected chi connectivity index (χ2v) is 9.73. The van der Waals surface area contributed by atoms with Gasteiger partial charge < -0.3 is 10.1 Å². The lowest BCUT2D eigenvalue weighted by atomic mass is 9.94. The van der Waals surface area contributed by atoms with E-state index in [4.69, 9.17) is 4.74 Å². The molecule has 7 heteroatoms. The van der Waals surface area contributed by atoms with Gasteiger partial charge in [0, 0.05) is 0 Å². The SMILES string of the molecule is CCOc1ccc(N([C@H](C)C(=O)N[C@H](c2ccccc2)c2ccccc2C)S(C)(=O)=O)cc1. The second-order valence-electron chi connectivity index (χ2n) is 7.87. The van der Waals surface area contributed by atoms with Crippen LogP contribution in [0.1, 0.15) is 36.6 Å². The number of carbonyl (C=O) groups excluding carboxylic acids is 1. The van der Waals surface area contributed by atoms with Crippen LogP contribution in [0.5, 0.6) is 5.75 Å². The van der Waals surface area contributed by atoms with Gasteiger partial charge in [0.2, 0.25) is 15.9 Å². The van der Waals surface area contributed by atoms with Gasteiger partial charge in [-0.2, -0.15) is 0 Å². The van der Waals surface area contributed by atoms with Gasteiger partial charge in [-0.1, -0.05) is 54.6 Å². The number of carbonyl (C=O) groups is 1. The Morgan fingerprint density at radius 1 is 0.970 bits per heavy atom. The third-order valence-electron chi connectivity index (χ3n) is 5.41. The van der Waals surface area contributed by atoms with Crippen molar-refractivity contribution in [1.29, 1.82) is 0 Å². The van der Waals surface area contributed by atoms with Crippen molar-refractivity contribution in [2.45, 2.75) is 32.9 Å². The van der Waals surface area contributed by atoms with Crippen LogP contribution in [0.2, 0.25) is 0 Å². The molecule has 0 spiro atoms. The highest BCUT2D eigenvalue weighted by atomic mass is 32.2. The molecule has 1 amide bonds. The number of hydrogen-bond donors (Lipinski definition) is 1. The summed E-state index contributed by atoms with van der Waals surface area (Å²) in [7, 11) is -3.73. The van der Waals surface area contributed by atoms with Crippen LogP contribution in [-0.4, -0.2) is 33.2 Å². The van der Waals surface area contributed by atoms with Crippen LogP contribution in [-0.2, 0) is 14.8 Å². The molecule has 0 bridgehead atoms. The minimum atomic E-state index is -3.73. The second kappa shape index (κ2) is 10.5. The summed E-state index contributed by atoms with van der Waals surface area (Å²) >= 11 is 0. The molecule has 174 valence electrons. The molecule has 0 aliphatic rings. The molecule has 6 nitrogen and oxygen atoms in total. The van der Waals surface area contributed by atoms with E-state index in [1.54, 1.807) is 31.2 Å². The van der Waals surface area contributed by atoms with Gasteiger partial charge in [-0.3, -0.25) is 9.10 Å². The molecule has 0 aliphatic heterocycles. The zero-order chi connectivity index (χ0) is 24.0. The number of sulfonamides is 1. The minimum Gasteiger partial charge on any atom is -0.494 e. The number of nitrogens with one attached hydrogen (secondary N) is 1. The fourth-order valence-corrected chi connectivity index (χ4v) is 5.00. The Morgan fingerprint density at radius 3 is 2.15 bits per heavy atom. The third kappa shape index (κ3) is 5.93. The van der Waals surface area contributed by atoms with Gasteiger partial charge in [0.05, 0.1) is 24.6 Å². The zero-order valence-corrected chi connectivity index (χ0v) is 20.2. The lowest BCUT2D eigenvalue weighted by Crippen LogP contribution is -2.48. The quantitative estimate of drug-likeness (QED) is 0.505. The van der Waals surface area contributed by atoms with Crippen LogP contribution >= 0.6 is 0 Å². The highest BCUT2D eigenvalue weighted by molar-refractivity contribution is 7.92. The molecule has 0 saturated carbocycles. The van der Waals surface area contributed by atoms with Crippen LogP contribution in [0.3, 0.4) is 0 Å². The molecule has 1 N–H and O–H groups in total. The van der Waals surface area contributed by atoms with Crippen molar-refractivity contribution >= 4 is 21.6 Å². The molecule has 3 aromatic rings. The molecule has 3 rings (SSSR count). The Labute approximate surface area is 196 Å². The highest BCUT2D eigenvalue weighted by Gasteiger charge is 2.31. The van der Waals surface area contributed by atoms with E-state index < -0.39 is 28.0 Å². The molecule has 0 heterocycles. The topological polar surface area (TPSA) is 75.7 Å². The predicted octanol–water partition coefficient (Wildman–Crippen LogP) is 4.45. The Hall–Kier alpha value is -3.32. The zero-order valence-electron chi connectivity index (χ0n) is 19.4. The Bertz CT molecular complexity index is 1180. The van der Waals surface area contributed by atoms with Crippen LogP contribution < -0.4 is 14.4 Å². The van der Waals surface area contributed by atoms with Gasteiger partial charge in [-0.25, -0.2) is 8.42 Å². The predicted molar refractivity (Wildman–Crippen MR) is 132 cm³/mol. The molecule has 0 aliphatic carbocycles. The van der Waals surface area contributed by atoms with E-state index in [1.165, 1.54) is 0 Å². The smallest absolute Gasteiger partial charge is 0.244 e. The summed E-state index contributed by atoms with van der Waals surface area (Å²) in [6.07, 6.45) is 1.10. The molecule has 0 saturated heterocycles. The number of nitrogens with zero attached hydrogens (tertiary/aromatic N) is 1. The molecule has 0 fully saturated rings. The first kappa shape index (κ1) is 24.3. The average Bonchev–Trinajstić information content (AvgIpc) is 2.79. The normalized spacial score (nSPS) is 13.1. The van der Waals surface area contributed by atoms with E-state index in [2.05, 4.69) is 5.32 Å². The molecule has 0 unspecified atom stereocenters. The van der Waals surface area contributed by atoms with Gasteiger partial charge in [0.15, 0.2) is 0 Å². The van der Waals surface area contributed by atoms with Gasteiger partial charge in [-0.05, 0) is 61.7 Å². The largest absolute Gasteiger partial charge is 0.494 e. The maximum absolute atomic E-state index is 13.4. The Morgan fingerprint density at radius 2 is 1.58 bits per heavy atom. The lowest BCUT2D eigenvalue weighted by molar-refractivity contribution is -0.122. The van der Waals surface area contributed by atoms with Crippen molar-refractivity contribution in [2.75, 3.05) is 17.2 Å². The summed E-state index contributed by atoms with van der Waals surface area (Å²) in [6.45, 7) is 5.96. The van der Waals surface area contributed by atoms with Crippen molar-refractivity contribution in [3.8, 4) is 5.75 Å². The van der Waals surface area contributed by atoms with E-state index in [1.807, 2.05) is 68.4 Å². The summed E-state index contributed by atoms with van der Waals surface area (Å²) in [6, 6.07) is 22.8. The van der Waals surface area contributed by atoms with Crippen LogP contribution in [0, 0.1) is 6.92 Å². The summed E-state index contributed by atoms with van der Waals surface area (Å²) < 4.78 is 32.0. The molecule has 0 radical (unpaired) electrons. The van der Waals surface area contributed by atoms with Crippen LogP contribution in [0.15, 0.2) is 78.9 Å². The summed E-state index contributed by atoms with van der Waals surface area (Å²) in [5.41, 5.74) is 3.30. The maximum Gasteiger partial charge on any atom is 0.244 e. The molecule has 3 aromatic carbocycles.